The Morgan fingerprint density at radius 3 is 2.72 bits per heavy atom. The number of aryl methyl sites for hydroxylation is 1. The van der Waals surface area contributed by atoms with Gasteiger partial charge >= 0.3 is 0 Å². The lowest BCUT2D eigenvalue weighted by atomic mass is 9.78. The topological polar surface area (TPSA) is 81.0 Å². The van der Waals surface area contributed by atoms with Gasteiger partial charge in [0.1, 0.15) is 16.9 Å². The first-order valence-corrected chi connectivity index (χ1v) is 11.9. The molecule has 1 saturated heterocycles. The summed E-state index contributed by atoms with van der Waals surface area (Å²) >= 11 is 0. The summed E-state index contributed by atoms with van der Waals surface area (Å²) in [6.45, 7) is 6.81. The van der Waals surface area contributed by atoms with Crippen molar-refractivity contribution in [3.05, 3.63) is 29.0 Å². The molecule has 2 fully saturated rings. The fourth-order valence-corrected chi connectivity index (χ4v) is 5.44. The van der Waals surface area contributed by atoms with Crippen molar-refractivity contribution in [2.75, 3.05) is 39.4 Å². The molecule has 7 nitrogen and oxygen atoms in total. The average molecular weight is 441 g/mol. The van der Waals surface area contributed by atoms with Gasteiger partial charge in [0.25, 0.3) is 5.91 Å². The molecule has 0 atom stereocenters. The molecular weight excluding hydrogens is 408 g/mol. The van der Waals surface area contributed by atoms with Crippen LogP contribution in [-0.4, -0.2) is 61.6 Å². The van der Waals surface area contributed by atoms with Crippen LogP contribution in [-0.2, 0) is 4.74 Å². The van der Waals surface area contributed by atoms with Crippen LogP contribution < -0.4 is 10.1 Å². The molecule has 1 spiro atoms. The molecule has 1 amide bonds. The van der Waals surface area contributed by atoms with Gasteiger partial charge in [-0.2, -0.15) is 0 Å². The lowest BCUT2D eigenvalue weighted by molar-refractivity contribution is 0.0139. The first kappa shape index (κ1) is 21.5. The number of rotatable bonds is 5. The maximum atomic E-state index is 13.2. The Kier molecular flexibility index (Phi) is 5.95. The number of ether oxygens (including phenoxy) is 2. The monoisotopic (exact) mass is 440 g/mol. The van der Waals surface area contributed by atoms with Crippen molar-refractivity contribution in [1.29, 1.82) is 0 Å². The molecule has 3 heterocycles. The minimum Gasteiger partial charge on any atom is -0.486 e. The van der Waals surface area contributed by atoms with E-state index in [0.29, 0.717) is 35.4 Å². The number of benzene rings is 1. The highest BCUT2D eigenvalue weighted by molar-refractivity contribution is 6.13. The zero-order chi connectivity index (χ0) is 22.1. The Balaban J connectivity index is 1.31. The van der Waals surface area contributed by atoms with Crippen molar-refractivity contribution < 1.29 is 23.5 Å². The van der Waals surface area contributed by atoms with Crippen LogP contribution in [0.5, 0.6) is 5.75 Å². The van der Waals surface area contributed by atoms with Crippen molar-refractivity contribution in [2.24, 2.45) is 0 Å². The van der Waals surface area contributed by atoms with Gasteiger partial charge < -0.3 is 19.2 Å². The number of carbonyl (C=O) groups excluding carboxylic acids is 2. The number of nitrogens with zero attached hydrogens (tertiary/aromatic N) is 1. The standard InChI is InChI=1S/C25H32N2O5/c1-17-21-19(31-23(17)24(29)26-10-5-11-27-12-14-30-15-13-27)6-7-20-22(21)18(28)16-25(32-20)8-3-2-4-9-25/h6-7H,2-5,8-16H2,1H3,(H,26,29). The zero-order valence-electron chi connectivity index (χ0n) is 18.8. The predicted octanol–water partition coefficient (Wildman–Crippen LogP) is 3.86. The van der Waals surface area contributed by atoms with E-state index in [1.807, 2.05) is 19.1 Å². The molecule has 2 aliphatic heterocycles. The SMILES string of the molecule is Cc1c(C(=O)NCCCN2CCOCC2)oc2ccc3c(c12)C(=O)CC1(CCCCC1)O3. The molecule has 1 aromatic heterocycles. The molecule has 3 aliphatic rings. The van der Waals surface area contributed by atoms with Crippen LogP contribution in [0.25, 0.3) is 11.0 Å². The Morgan fingerprint density at radius 1 is 1.16 bits per heavy atom. The molecule has 7 heteroatoms. The molecule has 172 valence electrons. The minimum absolute atomic E-state index is 0.0973. The molecule has 1 aromatic carbocycles. The van der Waals surface area contributed by atoms with Crippen molar-refractivity contribution in [1.82, 2.24) is 10.2 Å². The summed E-state index contributed by atoms with van der Waals surface area (Å²) in [5.74, 6) is 0.782. The van der Waals surface area contributed by atoms with E-state index in [0.717, 1.165) is 70.3 Å². The van der Waals surface area contributed by atoms with Gasteiger partial charge in [0.2, 0.25) is 0 Å². The van der Waals surface area contributed by atoms with Gasteiger partial charge in [-0.05, 0) is 57.7 Å². The van der Waals surface area contributed by atoms with Gasteiger partial charge in [-0.1, -0.05) is 6.42 Å². The Bertz CT molecular complexity index is 1010. The summed E-state index contributed by atoms with van der Waals surface area (Å²) < 4.78 is 17.7. The second kappa shape index (κ2) is 8.87. The average Bonchev–Trinajstić information content (AvgIpc) is 3.14. The normalized spacial score (nSPS) is 20.8. The lowest BCUT2D eigenvalue weighted by Gasteiger charge is -2.40. The molecule has 1 saturated carbocycles. The third kappa shape index (κ3) is 4.04. The van der Waals surface area contributed by atoms with Crippen LogP contribution in [0.1, 0.15) is 71.4 Å². The van der Waals surface area contributed by atoms with E-state index in [-0.39, 0.29) is 23.1 Å². The van der Waals surface area contributed by atoms with Crippen molar-refractivity contribution in [3.8, 4) is 5.75 Å². The Hall–Kier alpha value is -2.38. The van der Waals surface area contributed by atoms with E-state index in [4.69, 9.17) is 13.9 Å². The second-order valence-electron chi connectivity index (χ2n) is 9.38. The number of morpholine rings is 1. The number of carbonyl (C=O) groups is 2. The van der Waals surface area contributed by atoms with Gasteiger partial charge in [0.05, 0.1) is 25.2 Å². The van der Waals surface area contributed by atoms with Crippen LogP contribution in [0.4, 0.5) is 0 Å². The van der Waals surface area contributed by atoms with E-state index >= 15 is 0 Å². The van der Waals surface area contributed by atoms with Crippen LogP contribution in [0.2, 0.25) is 0 Å². The summed E-state index contributed by atoms with van der Waals surface area (Å²) in [5, 5.41) is 3.69. The number of nitrogens with one attached hydrogen (secondary N) is 1. The number of Topliss-reactive ketones (excluding diaryl/α,β-unsaturated/α-hetero) is 1. The molecule has 0 bridgehead atoms. The quantitative estimate of drug-likeness (QED) is 0.711. The number of ketones is 1. The van der Waals surface area contributed by atoms with Gasteiger partial charge in [-0.3, -0.25) is 14.5 Å². The van der Waals surface area contributed by atoms with Crippen LogP contribution in [0.15, 0.2) is 16.5 Å². The minimum atomic E-state index is -0.353. The number of amides is 1. The maximum absolute atomic E-state index is 13.2. The summed E-state index contributed by atoms with van der Waals surface area (Å²) in [6, 6.07) is 3.66. The fraction of sp³-hybridized carbons (Fsp3) is 0.600. The third-order valence-corrected chi connectivity index (χ3v) is 7.16. The van der Waals surface area contributed by atoms with E-state index < -0.39 is 0 Å². The molecule has 1 aliphatic carbocycles. The molecule has 0 radical (unpaired) electrons. The molecular formula is C25H32N2O5. The zero-order valence-corrected chi connectivity index (χ0v) is 18.8. The van der Waals surface area contributed by atoms with Gasteiger partial charge in [0.15, 0.2) is 11.5 Å². The highest BCUT2D eigenvalue weighted by atomic mass is 16.5. The van der Waals surface area contributed by atoms with E-state index in [9.17, 15) is 9.59 Å². The fourth-order valence-electron chi connectivity index (χ4n) is 5.44. The van der Waals surface area contributed by atoms with Gasteiger partial charge in [-0.25, -0.2) is 0 Å². The lowest BCUT2D eigenvalue weighted by Crippen LogP contribution is -2.43. The summed E-state index contributed by atoms with van der Waals surface area (Å²) in [5.41, 5.74) is 1.50. The van der Waals surface area contributed by atoms with Crippen LogP contribution in [0, 0.1) is 6.92 Å². The number of fused-ring (bicyclic) bond motifs is 3. The summed E-state index contributed by atoms with van der Waals surface area (Å²) in [6.07, 6.45) is 6.55. The number of hydrogen-bond acceptors (Lipinski definition) is 6. The highest BCUT2D eigenvalue weighted by Gasteiger charge is 2.42. The van der Waals surface area contributed by atoms with E-state index in [2.05, 4.69) is 10.2 Å². The first-order valence-electron chi connectivity index (χ1n) is 11.9. The molecule has 2 aromatic rings. The van der Waals surface area contributed by atoms with Crippen LogP contribution in [0.3, 0.4) is 0 Å². The number of furan rings is 1. The predicted molar refractivity (Wildman–Crippen MR) is 121 cm³/mol. The Labute approximate surface area is 188 Å². The van der Waals surface area contributed by atoms with Crippen molar-refractivity contribution in [2.45, 2.75) is 57.5 Å². The van der Waals surface area contributed by atoms with Crippen molar-refractivity contribution in [3.63, 3.8) is 0 Å². The number of hydrogen-bond donors (Lipinski definition) is 1. The molecule has 0 unspecified atom stereocenters. The van der Waals surface area contributed by atoms with E-state index in [1.165, 1.54) is 6.42 Å². The maximum Gasteiger partial charge on any atom is 0.287 e. The Morgan fingerprint density at radius 2 is 1.94 bits per heavy atom. The van der Waals surface area contributed by atoms with Gasteiger partial charge in [-0.15, -0.1) is 0 Å². The van der Waals surface area contributed by atoms with Gasteiger partial charge in [0, 0.05) is 30.6 Å². The smallest absolute Gasteiger partial charge is 0.287 e. The van der Waals surface area contributed by atoms with E-state index in [1.54, 1.807) is 0 Å². The third-order valence-electron chi connectivity index (χ3n) is 7.16. The summed E-state index contributed by atoms with van der Waals surface area (Å²) in [7, 11) is 0. The highest BCUT2D eigenvalue weighted by Crippen LogP contribution is 2.45. The largest absolute Gasteiger partial charge is 0.486 e. The molecule has 1 N–H and O–H groups in total. The summed E-state index contributed by atoms with van der Waals surface area (Å²) in [4.78, 5) is 28.4. The second-order valence-corrected chi connectivity index (χ2v) is 9.38. The molecule has 5 rings (SSSR count). The van der Waals surface area contributed by atoms with Crippen molar-refractivity contribution >= 4 is 22.7 Å². The first-order chi connectivity index (χ1) is 15.6. The van der Waals surface area contributed by atoms with Crippen LogP contribution >= 0.6 is 0 Å². The molecule has 32 heavy (non-hydrogen) atoms.